The third-order valence-electron chi connectivity index (χ3n) is 3.65. The van der Waals surface area contributed by atoms with Gasteiger partial charge < -0.3 is 0 Å². The van der Waals surface area contributed by atoms with E-state index in [2.05, 4.69) is 80.6 Å². The zero-order valence-electron chi connectivity index (χ0n) is 11.7. The molecule has 4 heteroatoms. The number of hydrogen-bond donors (Lipinski definition) is 0. The second-order valence-electron chi connectivity index (χ2n) is 5.13. The summed E-state index contributed by atoms with van der Waals surface area (Å²) >= 11 is 5.24. The van der Waals surface area contributed by atoms with Crippen molar-refractivity contribution in [3.05, 3.63) is 76.1 Å². The molecule has 0 saturated carbocycles. The maximum Gasteiger partial charge on any atom is 0.110 e. The van der Waals surface area contributed by atoms with E-state index in [1.54, 1.807) is 11.3 Å². The summed E-state index contributed by atoms with van der Waals surface area (Å²) in [5.41, 5.74) is 4.68. The van der Waals surface area contributed by atoms with Gasteiger partial charge >= 0.3 is 0 Å². The standard InChI is InChI=1S/C18H13BrN2S/c19-15-8-6-14(7-9-15)17-18-16(10-11-22-18)21(20-17)12-13-4-2-1-3-5-13/h1-11H,12H2. The minimum Gasteiger partial charge on any atom is -0.259 e. The SMILES string of the molecule is Brc1ccc(-c2nn(Cc3ccccc3)c3ccsc23)cc1. The van der Waals surface area contributed by atoms with Crippen molar-refractivity contribution in [3.63, 3.8) is 0 Å². The summed E-state index contributed by atoms with van der Waals surface area (Å²) in [4.78, 5) is 0. The highest BCUT2D eigenvalue weighted by Gasteiger charge is 2.13. The maximum atomic E-state index is 4.86. The smallest absolute Gasteiger partial charge is 0.110 e. The third kappa shape index (κ3) is 2.49. The molecule has 0 saturated heterocycles. The molecule has 0 aliphatic rings. The molecule has 0 N–H and O–H groups in total. The minimum absolute atomic E-state index is 0.796. The largest absolute Gasteiger partial charge is 0.259 e. The van der Waals surface area contributed by atoms with E-state index in [1.165, 1.54) is 15.8 Å². The van der Waals surface area contributed by atoms with Crippen LogP contribution in [0.3, 0.4) is 0 Å². The zero-order chi connectivity index (χ0) is 14.9. The van der Waals surface area contributed by atoms with E-state index in [0.29, 0.717) is 0 Å². The van der Waals surface area contributed by atoms with Crippen molar-refractivity contribution in [3.8, 4) is 11.3 Å². The second-order valence-corrected chi connectivity index (χ2v) is 6.97. The van der Waals surface area contributed by atoms with E-state index in [0.717, 1.165) is 22.3 Å². The Balaban J connectivity index is 1.81. The molecule has 4 aromatic rings. The molecule has 0 aliphatic heterocycles. The number of rotatable bonds is 3. The number of thiophene rings is 1. The molecule has 2 aromatic heterocycles. The fourth-order valence-corrected chi connectivity index (χ4v) is 3.74. The molecule has 2 heterocycles. The summed E-state index contributed by atoms with van der Waals surface area (Å²) in [5, 5.41) is 6.99. The van der Waals surface area contributed by atoms with Crippen LogP contribution in [0.5, 0.6) is 0 Å². The molecule has 0 atom stereocenters. The summed E-state index contributed by atoms with van der Waals surface area (Å²) in [6.07, 6.45) is 0. The Bertz CT molecular complexity index is 907. The van der Waals surface area contributed by atoms with Gasteiger partial charge in [0.1, 0.15) is 5.69 Å². The van der Waals surface area contributed by atoms with Gasteiger partial charge in [-0.1, -0.05) is 58.4 Å². The van der Waals surface area contributed by atoms with Gasteiger partial charge in [0.15, 0.2) is 0 Å². The van der Waals surface area contributed by atoms with Gasteiger partial charge in [-0.25, -0.2) is 0 Å². The van der Waals surface area contributed by atoms with Gasteiger partial charge in [-0.2, -0.15) is 5.10 Å². The van der Waals surface area contributed by atoms with Crippen LogP contribution in [0.4, 0.5) is 0 Å². The molecule has 108 valence electrons. The normalized spacial score (nSPS) is 11.1. The van der Waals surface area contributed by atoms with Crippen molar-refractivity contribution < 1.29 is 0 Å². The summed E-state index contributed by atoms with van der Waals surface area (Å²) in [6, 6.07) is 20.9. The van der Waals surface area contributed by atoms with E-state index in [9.17, 15) is 0 Å². The van der Waals surface area contributed by atoms with E-state index >= 15 is 0 Å². The minimum atomic E-state index is 0.796. The van der Waals surface area contributed by atoms with Crippen LogP contribution in [0.2, 0.25) is 0 Å². The van der Waals surface area contributed by atoms with E-state index < -0.39 is 0 Å². The van der Waals surface area contributed by atoms with Crippen LogP contribution in [0.1, 0.15) is 5.56 Å². The molecular formula is C18H13BrN2S. The number of hydrogen-bond acceptors (Lipinski definition) is 2. The van der Waals surface area contributed by atoms with Crippen molar-refractivity contribution in [2.24, 2.45) is 0 Å². The van der Waals surface area contributed by atoms with Crippen molar-refractivity contribution in [1.82, 2.24) is 9.78 Å². The number of fused-ring (bicyclic) bond motifs is 1. The Kier molecular flexibility index (Phi) is 3.56. The van der Waals surface area contributed by atoms with E-state index in [-0.39, 0.29) is 0 Å². The van der Waals surface area contributed by atoms with Crippen molar-refractivity contribution in [2.45, 2.75) is 6.54 Å². The predicted octanol–water partition coefficient (Wildman–Crippen LogP) is 5.58. The lowest BCUT2D eigenvalue weighted by Gasteiger charge is -2.02. The second kappa shape index (κ2) is 5.71. The lowest BCUT2D eigenvalue weighted by molar-refractivity contribution is 0.715. The number of nitrogens with zero attached hydrogens (tertiary/aromatic N) is 2. The summed E-state index contributed by atoms with van der Waals surface area (Å²) in [5.74, 6) is 0. The van der Waals surface area contributed by atoms with Crippen molar-refractivity contribution in [1.29, 1.82) is 0 Å². The summed E-state index contributed by atoms with van der Waals surface area (Å²) in [6.45, 7) is 0.796. The van der Waals surface area contributed by atoms with Crippen LogP contribution in [-0.4, -0.2) is 9.78 Å². The third-order valence-corrected chi connectivity index (χ3v) is 5.09. The van der Waals surface area contributed by atoms with Gasteiger partial charge in [-0.3, -0.25) is 4.68 Å². The highest BCUT2D eigenvalue weighted by molar-refractivity contribution is 9.10. The molecule has 0 bridgehead atoms. The molecule has 0 aliphatic carbocycles. The number of aromatic nitrogens is 2. The lowest BCUT2D eigenvalue weighted by atomic mass is 10.1. The maximum absolute atomic E-state index is 4.86. The van der Waals surface area contributed by atoms with Gasteiger partial charge in [-0.15, -0.1) is 11.3 Å². The van der Waals surface area contributed by atoms with Gasteiger partial charge in [0.2, 0.25) is 0 Å². The van der Waals surface area contributed by atoms with Gasteiger partial charge in [0, 0.05) is 10.0 Å². The average molecular weight is 369 g/mol. The molecule has 4 rings (SSSR count). The fourth-order valence-electron chi connectivity index (χ4n) is 2.58. The molecular weight excluding hydrogens is 356 g/mol. The predicted molar refractivity (Wildman–Crippen MR) is 96.3 cm³/mol. The summed E-state index contributed by atoms with van der Waals surface area (Å²) < 4.78 is 4.43. The highest BCUT2D eigenvalue weighted by Crippen LogP contribution is 2.33. The quantitative estimate of drug-likeness (QED) is 0.461. The van der Waals surface area contributed by atoms with Gasteiger partial charge in [-0.05, 0) is 29.1 Å². The average Bonchev–Trinajstić information content (AvgIpc) is 3.13. The Hall–Kier alpha value is -1.91. The van der Waals surface area contributed by atoms with E-state index in [1.807, 2.05) is 6.07 Å². The van der Waals surface area contributed by atoms with Crippen LogP contribution in [0, 0.1) is 0 Å². The lowest BCUT2D eigenvalue weighted by Crippen LogP contribution is -2.01. The molecule has 22 heavy (non-hydrogen) atoms. The molecule has 2 aromatic carbocycles. The molecule has 0 spiro atoms. The topological polar surface area (TPSA) is 17.8 Å². The van der Waals surface area contributed by atoms with E-state index in [4.69, 9.17) is 5.10 Å². The Morgan fingerprint density at radius 1 is 0.955 bits per heavy atom. The van der Waals surface area contributed by atoms with Crippen LogP contribution in [-0.2, 0) is 6.54 Å². The first-order valence-corrected chi connectivity index (χ1v) is 8.72. The first kappa shape index (κ1) is 13.7. The fraction of sp³-hybridized carbons (Fsp3) is 0.0556. The zero-order valence-corrected chi connectivity index (χ0v) is 14.1. The highest BCUT2D eigenvalue weighted by atomic mass is 79.9. The number of halogens is 1. The Morgan fingerprint density at radius 2 is 1.73 bits per heavy atom. The molecule has 0 amide bonds. The Labute approximate surface area is 141 Å². The van der Waals surface area contributed by atoms with Crippen LogP contribution in [0.25, 0.3) is 21.5 Å². The first-order valence-electron chi connectivity index (χ1n) is 7.05. The van der Waals surface area contributed by atoms with Gasteiger partial charge in [0.05, 0.1) is 16.8 Å². The monoisotopic (exact) mass is 368 g/mol. The number of benzene rings is 2. The van der Waals surface area contributed by atoms with Gasteiger partial charge in [0.25, 0.3) is 0 Å². The molecule has 0 fully saturated rings. The summed E-state index contributed by atoms with van der Waals surface area (Å²) in [7, 11) is 0. The molecule has 2 nitrogen and oxygen atoms in total. The molecule has 0 unspecified atom stereocenters. The van der Waals surface area contributed by atoms with Crippen LogP contribution in [0.15, 0.2) is 70.5 Å². The van der Waals surface area contributed by atoms with Crippen LogP contribution < -0.4 is 0 Å². The van der Waals surface area contributed by atoms with Crippen molar-refractivity contribution in [2.75, 3.05) is 0 Å². The Morgan fingerprint density at radius 3 is 2.50 bits per heavy atom. The first-order chi connectivity index (χ1) is 10.8. The van der Waals surface area contributed by atoms with Crippen molar-refractivity contribution >= 4 is 37.5 Å². The van der Waals surface area contributed by atoms with Crippen LogP contribution >= 0.6 is 27.3 Å². The molecule has 0 radical (unpaired) electrons.